The number of rotatable bonds is 14. The topological polar surface area (TPSA) is 263 Å². The Balaban J connectivity index is 1.07. The maximum Gasteiger partial charge on any atom is 0.333 e. The molecule has 8 bridgehead atoms. The Kier molecular flexibility index (Phi) is 20.3. The van der Waals surface area contributed by atoms with Gasteiger partial charge in [0.15, 0.2) is 13.2 Å². The molecule has 4 aromatic carbocycles. The standard InChI is InChI=1S/C76H100N4O16S2/c1-69(2,3)47-27-39-23-43-31-49(71(7,8)9)33-45(57(43)91-35-51(81)77-53-61(85)79-59(75(19,20)97-63(53)79)65(87)93-37-95-67(89)73(13,14)15)25-41-29-48(70(4,5)6)30-42(56(41)84)26-46-34-50(72(10,11)12)32-44(24-40(28-47)55(39)83)58(46)92-36-52(82)78-54-62(86)80-60(76(21,22)98-64(54)80)66(88)94-38-96-68(90)74(16,17)18/h27-34,53-54,59-60,63-64,83-84H,23-26,35-38H2,1-22H3,(H,77,81)(H,78,82)/t53-,54?,59+,60+,63-,64-/m1/s1. The number of benzene rings is 4. The van der Waals surface area contributed by atoms with E-state index in [-0.39, 0.29) is 37.2 Å². The molecule has 5 aliphatic rings. The second kappa shape index (κ2) is 26.6. The molecule has 0 spiro atoms. The number of carbonyl (C=O) groups excluding carboxylic acids is 8. The summed E-state index contributed by atoms with van der Waals surface area (Å²) in [6.45, 7) is 40.2. The average molecular weight is 1390 g/mol. The first kappa shape index (κ1) is 74.8. The number of phenols is 2. The van der Waals surface area contributed by atoms with Crippen molar-refractivity contribution in [3.8, 4) is 23.0 Å². The van der Waals surface area contributed by atoms with Gasteiger partial charge in [0.25, 0.3) is 11.8 Å². The largest absolute Gasteiger partial charge is 0.507 e. The number of hydrogen-bond acceptors (Lipinski definition) is 18. The van der Waals surface area contributed by atoms with Crippen molar-refractivity contribution in [2.24, 2.45) is 10.8 Å². The number of phenolic OH excluding ortho intramolecular Hbond substituents is 2. The van der Waals surface area contributed by atoms with E-state index in [1.54, 1.807) is 41.5 Å². The lowest BCUT2D eigenvalue weighted by atomic mass is 9.79. The second-order valence-corrected chi connectivity index (χ2v) is 37.5. The molecule has 4 N–H and O–H groups in total. The zero-order valence-electron chi connectivity index (χ0n) is 61.1. The molecule has 0 radical (unpaired) electrons. The van der Waals surface area contributed by atoms with Crippen LogP contribution in [0.5, 0.6) is 23.0 Å². The van der Waals surface area contributed by atoms with Gasteiger partial charge >= 0.3 is 23.9 Å². The van der Waals surface area contributed by atoms with Crippen molar-refractivity contribution in [3.63, 3.8) is 0 Å². The number of esters is 4. The first-order valence-corrected chi connectivity index (χ1v) is 35.3. The molecule has 4 aliphatic heterocycles. The third kappa shape index (κ3) is 15.6. The SMILES string of the molecule is CC(C)(C)C(=O)OCOC(=O)[C@@H]1N2C(=O)C(NC(=O)COc3c4cc(C(C)(C)C)cc3Cc3cc(C(C)(C)C)cc(c3O)Cc3cc(C(C)(C)C)cc(c3OCC(=O)N[C@@H]3C(=O)N5[C@@H]3SC(C)(C)[C@@H]5C(=O)OCOC(=O)C(C)(C)C)Cc3cc(C(C)(C)C)cc(c3O)C4)[C@H]2SC1(C)C. The normalized spacial score (nSPS) is 21.2. The van der Waals surface area contributed by atoms with Gasteiger partial charge in [0.05, 0.1) is 10.8 Å². The molecule has 4 amide bonds. The Labute approximate surface area is 585 Å². The first-order chi connectivity index (χ1) is 45.0. The molecule has 9 rings (SSSR count). The van der Waals surface area contributed by atoms with E-state index in [1.807, 2.05) is 76.2 Å². The van der Waals surface area contributed by atoms with Crippen LogP contribution in [0.3, 0.4) is 0 Å². The number of amides is 4. The van der Waals surface area contributed by atoms with E-state index < -0.39 is 151 Å². The number of β-lactam (4-membered cyclic amide) rings is 2. The van der Waals surface area contributed by atoms with Gasteiger partial charge in [0.2, 0.25) is 25.4 Å². The minimum absolute atomic E-state index is 0.0110. The highest BCUT2D eigenvalue weighted by Gasteiger charge is 2.66. The summed E-state index contributed by atoms with van der Waals surface area (Å²) in [6, 6.07) is 12.0. The minimum atomic E-state index is -1.03. The summed E-state index contributed by atoms with van der Waals surface area (Å²) in [6.07, 6.45) is 0.468. The third-order valence-corrected chi connectivity index (χ3v) is 21.8. The van der Waals surface area contributed by atoms with Crippen molar-refractivity contribution < 1.29 is 77.0 Å². The quantitative estimate of drug-likeness (QED) is 0.0457. The van der Waals surface area contributed by atoms with Gasteiger partial charge in [-0.15, -0.1) is 23.5 Å². The van der Waals surface area contributed by atoms with Crippen LogP contribution in [0.15, 0.2) is 48.5 Å². The predicted molar refractivity (Wildman–Crippen MR) is 375 cm³/mol. The molecule has 98 heavy (non-hydrogen) atoms. The smallest absolute Gasteiger partial charge is 0.333 e. The van der Waals surface area contributed by atoms with Crippen LogP contribution in [0.25, 0.3) is 0 Å². The lowest BCUT2D eigenvalue weighted by molar-refractivity contribution is -0.181. The third-order valence-electron chi connectivity index (χ3n) is 18.7. The van der Waals surface area contributed by atoms with Gasteiger partial charge in [-0.1, -0.05) is 132 Å². The number of thioether (sulfide) groups is 2. The van der Waals surface area contributed by atoms with Crippen molar-refractivity contribution in [2.45, 2.75) is 244 Å². The van der Waals surface area contributed by atoms with E-state index in [0.717, 1.165) is 22.3 Å². The van der Waals surface area contributed by atoms with E-state index in [9.17, 15) is 48.6 Å². The molecular weight excluding hydrogens is 1290 g/mol. The van der Waals surface area contributed by atoms with Gasteiger partial charge in [0, 0.05) is 35.2 Å². The molecular formula is C76H100N4O16S2. The summed E-state index contributed by atoms with van der Waals surface area (Å²) >= 11 is 2.69. The van der Waals surface area contributed by atoms with Gasteiger partial charge in [0.1, 0.15) is 57.9 Å². The van der Waals surface area contributed by atoms with Gasteiger partial charge < -0.3 is 59.1 Å². The second-order valence-electron chi connectivity index (χ2n) is 34.0. The summed E-state index contributed by atoms with van der Waals surface area (Å²) in [5.41, 5.74) is 5.13. The molecule has 6 atom stereocenters. The highest BCUT2D eigenvalue weighted by atomic mass is 32.2. The van der Waals surface area contributed by atoms with E-state index in [4.69, 9.17) is 28.4 Å². The number of carbonyl (C=O) groups is 8. The highest BCUT2D eigenvalue weighted by Crippen LogP contribution is 2.53. The first-order valence-electron chi connectivity index (χ1n) is 33.5. The molecule has 4 saturated heterocycles. The molecule has 4 aromatic rings. The lowest BCUT2D eigenvalue weighted by Gasteiger charge is -2.43. The number of hydrogen-bond donors (Lipinski definition) is 4. The zero-order valence-corrected chi connectivity index (χ0v) is 62.7. The number of nitrogens with zero attached hydrogens (tertiary/aromatic N) is 2. The van der Waals surface area contributed by atoms with Crippen molar-refractivity contribution in [1.29, 1.82) is 0 Å². The van der Waals surface area contributed by atoms with Crippen LogP contribution < -0.4 is 20.1 Å². The van der Waals surface area contributed by atoms with E-state index in [2.05, 4.69) is 93.7 Å². The molecule has 1 aliphatic carbocycles. The van der Waals surface area contributed by atoms with Gasteiger partial charge in [-0.3, -0.25) is 28.8 Å². The summed E-state index contributed by atoms with van der Waals surface area (Å²) in [5.74, 6) is -4.02. The number of ether oxygens (including phenoxy) is 6. The fourth-order valence-corrected chi connectivity index (χ4v) is 16.1. The summed E-state index contributed by atoms with van der Waals surface area (Å²) in [4.78, 5) is 112. The maximum absolute atomic E-state index is 14.4. The van der Waals surface area contributed by atoms with E-state index in [0.29, 0.717) is 56.0 Å². The Morgan fingerprint density at radius 2 is 0.694 bits per heavy atom. The van der Waals surface area contributed by atoms with Crippen molar-refractivity contribution in [3.05, 3.63) is 115 Å². The van der Waals surface area contributed by atoms with Gasteiger partial charge in [-0.2, -0.15) is 0 Å². The predicted octanol–water partition coefficient (Wildman–Crippen LogP) is 11.0. The molecule has 22 heteroatoms. The lowest BCUT2D eigenvalue weighted by Crippen LogP contribution is -2.71. The molecule has 4 fully saturated rings. The average Bonchev–Trinajstić information content (AvgIpc) is 1.56. The summed E-state index contributed by atoms with van der Waals surface area (Å²) < 4.78 is 33.1. The molecule has 1 unspecified atom stereocenters. The van der Waals surface area contributed by atoms with Crippen molar-refractivity contribution in [2.75, 3.05) is 26.8 Å². The molecule has 20 nitrogen and oxygen atoms in total. The van der Waals surface area contributed by atoms with Crippen molar-refractivity contribution >= 4 is 71.0 Å². The molecule has 0 aromatic heterocycles. The zero-order chi connectivity index (χ0) is 72.9. The van der Waals surface area contributed by atoms with Crippen LogP contribution in [0.1, 0.15) is 219 Å². The van der Waals surface area contributed by atoms with E-state index >= 15 is 0 Å². The number of fused-ring (bicyclic) bond motifs is 10. The molecule has 532 valence electrons. The summed E-state index contributed by atoms with van der Waals surface area (Å²) in [7, 11) is 0. The monoisotopic (exact) mass is 1390 g/mol. The Bertz CT molecular complexity index is 3540. The summed E-state index contributed by atoms with van der Waals surface area (Å²) in [5, 5.41) is 30.4. The Morgan fingerprint density at radius 1 is 0.439 bits per heavy atom. The van der Waals surface area contributed by atoms with Crippen LogP contribution >= 0.6 is 23.5 Å². The van der Waals surface area contributed by atoms with Gasteiger partial charge in [-0.05, 0) is 158 Å². The van der Waals surface area contributed by atoms with Crippen LogP contribution in [0.2, 0.25) is 0 Å². The highest BCUT2D eigenvalue weighted by molar-refractivity contribution is 8.02. The van der Waals surface area contributed by atoms with E-state index in [1.165, 1.54) is 33.3 Å². The van der Waals surface area contributed by atoms with Crippen LogP contribution in [-0.4, -0.2) is 139 Å². The Hall–Kier alpha value is -7.46. The van der Waals surface area contributed by atoms with Crippen LogP contribution in [0, 0.1) is 10.8 Å². The fraction of sp³-hybridized carbons (Fsp3) is 0.579. The number of aromatic hydroxyl groups is 2. The minimum Gasteiger partial charge on any atom is -0.507 e. The van der Waals surface area contributed by atoms with Crippen molar-refractivity contribution in [1.82, 2.24) is 20.4 Å². The van der Waals surface area contributed by atoms with Gasteiger partial charge in [-0.25, -0.2) is 9.59 Å². The number of nitrogens with one attached hydrogen (secondary N) is 2. The maximum atomic E-state index is 14.4. The van der Waals surface area contributed by atoms with Crippen LogP contribution in [0.4, 0.5) is 0 Å². The molecule has 0 saturated carbocycles. The fourth-order valence-electron chi connectivity index (χ4n) is 12.8. The van der Waals surface area contributed by atoms with Crippen LogP contribution in [-0.2, 0) is 105 Å². The Morgan fingerprint density at radius 3 is 0.939 bits per heavy atom. The molecule has 4 heterocycles.